The van der Waals surface area contributed by atoms with E-state index in [0.29, 0.717) is 6.04 Å². The van der Waals surface area contributed by atoms with Crippen molar-refractivity contribution in [2.24, 2.45) is 17.6 Å². The third-order valence-electron chi connectivity index (χ3n) is 3.20. The summed E-state index contributed by atoms with van der Waals surface area (Å²) in [6.45, 7) is 4.65. The van der Waals surface area contributed by atoms with Crippen molar-refractivity contribution in [3.63, 3.8) is 0 Å². The van der Waals surface area contributed by atoms with Crippen LogP contribution in [0.25, 0.3) is 0 Å². The van der Waals surface area contributed by atoms with Crippen LogP contribution in [0, 0.1) is 11.8 Å². The summed E-state index contributed by atoms with van der Waals surface area (Å²) in [4.78, 5) is 0. The van der Waals surface area contributed by atoms with Crippen molar-refractivity contribution in [1.82, 2.24) is 0 Å². The van der Waals surface area contributed by atoms with Crippen molar-refractivity contribution in [3.05, 3.63) is 0 Å². The Bertz CT molecular complexity index is 111. The van der Waals surface area contributed by atoms with Crippen molar-refractivity contribution in [1.29, 1.82) is 0 Å². The predicted molar refractivity (Wildman–Crippen MR) is 49.4 cm³/mol. The molecule has 1 heteroatoms. The summed E-state index contributed by atoms with van der Waals surface area (Å²) in [5, 5.41) is 0. The second kappa shape index (κ2) is 4.10. The average molecular weight is 155 g/mol. The van der Waals surface area contributed by atoms with Crippen molar-refractivity contribution in [2.45, 2.75) is 52.0 Å². The van der Waals surface area contributed by atoms with Crippen LogP contribution in [-0.4, -0.2) is 6.04 Å². The van der Waals surface area contributed by atoms with E-state index in [9.17, 15) is 0 Å². The Balaban J connectivity index is 2.33. The molecule has 0 aromatic heterocycles. The minimum Gasteiger partial charge on any atom is -0.328 e. The zero-order valence-electron chi connectivity index (χ0n) is 7.84. The molecule has 0 radical (unpaired) electrons. The van der Waals surface area contributed by atoms with Crippen LogP contribution < -0.4 is 5.73 Å². The molecule has 1 unspecified atom stereocenters. The van der Waals surface area contributed by atoms with Gasteiger partial charge in [-0.1, -0.05) is 33.1 Å². The Morgan fingerprint density at radius 2 is 2.18 bits per heavy atom. The van der Waals surface area contributed by atoms with Gasteiger partial charge in [0.25, 0.3) is 0 Å². The smallest absolute Gasteiger partial charge is 0.00415 e. The lowest BCUT2D eigenvalue weighted by molar-refractivity contribution is 0.238. The molecule has 0 aromatic rings. The van der Waals surface area contributed by atoms with Crippen LogP contribution in [-0.2, 0) is 0 Å². The molecule has 1 fully saturated rings. The Hall–Kier alpha value is -0.0400. The van der Waals surface area contributed by atoms with Gasteiger partial charge in [-0.25, -0.2) is 0 Å². The van der Waals surface area contributed by atoms with Crippen LogP contribution >= 0.6 is 0 Å². The van der Waals surface area contributed by atoms with Crippen LogP contribution in [0.4, 0.5) is 0 Å². The van der Waals surface area contributed by atoms with E-state index in [-0.39, 0.29) is 0 Å². The first-order chi connectivity index (χ1) is 5.24. The van der Waals surface area contributed by atoms with Crippen molar-refractivity contribution < 1.29 is 0 Å². The second-order valence-electron chi connectivity index (χ2n) is 4.07. The molecule has 0 amide bonds. The lowest BCUT2D eigenvalue weighted by atomic mass is 9.78. The SMILES string of the molecule is CCC(C)[C@H]1CCC[C@@H](N)C1. The van der Waals surface area contributed by atoms with E-state index >= 15 is 0 Å². The topological polar surface area (TPSA) is 26.0 Å². The highest BCUT2D eigenvalue weighted by molar-refractivity contribution is 4.77. The molecule has 1 aliphatic carbocycles. The zero-order chi connectivity index (χ0) is 8.27. The third kappa shape index (κ3) is 2.48. The van der Waals surface area contributed by atoms with E-state index in [4.69, 9.17) is 5.73 Å². The monoisotopic (exact) mass is 155 g/mol. The van der Waals surface area contributed by atoms with Gasteiger partial charge >= 0.3 is 0 Å². The van der Waals surface area contributed by atoms with Crippen molar-refractivity contribution >= 4 is 0 Å². The van der Waals surface area contributed by atoms with Crippen LogP contribution in [0.2, 0.25) is 0 Å². The lowest BCUT2D eigenvalue weighted by Crippen LogP contribution is -2.30. The summed E-state index contributed by atoms with van der Waals surface area (Å²) in [5.74, 6) is 1.81. The third-order valence-corrected chi connectivity index (χ3v) is 3.20. The van der Waals surface area contributed by atoms with E-state index < -0.39 is 0 Å². The second-order valence-corrected chi connectivity index (χ2v) is 4.07. The number of hydrogen-bond donors (Lipinski definition) is 1. The highest BCUT2D eigenvalue weighted by Gasteiger charge is 2.22. The first kappa shape index (κ1) is 9.05. The predicted octanol–water partition coefficient (Wildman–Crippen LogP) is 2.55. The number of hydrogen-bond acceptors (Lipinski definition) is 1. The van der Waals surface area contributed by atoms with Gasteiger partial charge in [0.15, 0.2) is 0 Å². The maximum absolute atomic E-state index is 5.92. The van der Waals surface area contributed by atoms with Gasteiger partial charge in [-0.05, 0) is 24.7 Å². The largest absolute Gasteiger partial charge is 0.328 e. The minimum absolute atomic E-state index is 0.503. The average Bonchev–Trinajstić information content (AvgIpc) is 2.03. The molecule has 1 nitrogen and oxygen atoms in total. The highest BCUT2D eigenvalue weighted by Crippen LogP contribution is 2.30. The van der Waals surface area contributed by atoms with Gasteiger partial charge < -0.3 is 5.73 Å². The Morgan fingerprint density at radius 3 is 2.73 bits per heavy atom. The summed E-state index contributed by atoms with van der Waals surface area (Å²) in [5.41, 5.74) is 5.92. The summed E-state index contributed by atoms with van der Waals surface area (Å²) in [7, 11) is 0. The lowest BCUT2D eigenvalue weighted by Gasteiger charge is -2.30. The molecule has 11 heavy (non-hydrogen) atoms. The maximum Gasteiger partial charge on any atom is 0.00415 e. The van der Waals surface area contributed by atoms with Gasteiger partial charge in [0, 0.05) is 6.04 Å². The van der Waals surface area contributed by atoms with Crippen LogP contribution in [0.3, 0.4) is 0 Å². The van der Waals surface area contributed by atoms with Crippen LogP contribution in [0.15, 0.2) is 0 Å². The molecule has 0 saturated heterocycles. The van der Waals surface area contributed by atoms with E-state index in [1.165, 1.54) is 32.1 Å². The quantitative estimate of drug-likeness (QED) is 0.651. The molecule has 66 valence electrons. The van der Waals surface area contributed by atoms with E-state index in [1.54, 1.807) is 0 Å². The zero-order valence-corrected chi connectivity index (χ0v) is 7.84. The molecule has 1 saturated carbocycles. The summed E-state index contributed by atoms with van der Waals surface area (Å²) in [6, 6.07) is 0.503. The summed E-state index contributed by atoms with van der Waals surface area (Å²) < 4.78 is 0. The van der Waals surface area contributed by atoms with Gasteiger partial charge in [0.1, 0.15) is 0 Å². The van der Waals surface area contributed by atoms with Crippen LogP contribution in [0.5, 0.6) is 0 Å². The fourth-order valence-corrected chi connectivity index (χ4v) is 2.12. The molecule has 0 aliphatic heterocycles. The fraction of sp³-hybridized carbons (Fsp3) is 1.00. The first-order valence-electron chi connectivity index (χ1n) is 4.99. The molecule has 0 bridgehead atoms. The molecule has 0 aromatic carbocycles. The van der Waals surface area contributed by atoms with Crippen molar-refractivity contribution in [2.75, 3.05) is 0 Å². The summed E-state index contributed by atoms with van der Waals surface area (Å²) >= 11 is 0. The van der Waals surface area contributed by atoms with Gasteiger partial charge in [-0.2, -0.15) is 0 Å². The van der Waals surface area contributed by atoms with Crippen molar-refractivity contribution in [3.8, 4) is 0 Å². The Labute approximate surface area is 70.4 Å². The normalized spacial score (nSPS) is 35.2. The molecular formula is C10H21N. The first-order valence-corrected chi connectivity index (χ1v) is 4.99. The molecule has 0 spiro atoms. The Kier molecular flexibility index (Phi) is 3.38. The van der Waals surface area contributed by atoms with E-state index in [0.717, 1.165) is 11.8 Å². The fourth-order valence-electron chi connectivity index (χ4n) is 2.12. The number of nitrogens with two attached hydrogens (primary N) is 1. The van der Waals surface area contributed by atoms with Gasteiger partial charge in [-0.3, -0.25) is 0 Å². The highest BCUT2D eigenvalue weighted by atomic mass is 14.6. The standard InChI is InChI=1S/C10H21N/c1-3-8(2)9-5-4-6-10(11)7-9/h8-10H,3-7,11H2,1-2H3/t8?,9-,10+/m0/s1. The van der Waals surface area contributed by atoms with Gasteiger partial charge in [-0.15, -0.1) is 0 Å². The van der Waals surface area contributed by atoms with E-state index in [1.807, 2.05) is 0 Å². The van der Waals surface area contributed by atoms with Gasteiger partial charge in [0.05, 0.1) is 0 Å². The molecule has 3 atom stereocenters. The molecule has 0 heterocycles. The molecular weight excluding hydrogens is 134 g/mol. The number of rotatable bonds is 2. The van der Waals surface area contributed by atoms with Gasteiger partial charge in [0.2, 0.25) is 0 Å². The Morgan fingerprint density at radius 1 is 1.45 bits per heavy atom. The molecule has 1 aliphatic rings. The van der Waals surface area contributed by atoms with E-state index in [2.05, 4.69) is 13.8 Å². The molecule has 2 N–H and O–H groups in total. The van der Waals surface area contributed by atoms with Crippen LogP contribution in [0.1, 0.15) is 46.0 Å². The summed E-state index contributed by atoms with van der Waals surface area (Å²) in [6.07, 6.45) is 6.62. The molecule has 1 rings (SSSR count). The minimum atomic E-state index is 0.503. The maximum atomic E-state index is 5.92.